The van der Waals surface area contributed by atoms with Crippen molar-refractivity contribution in [3.63, 3.8) is 0 Å². The number of benzene rings is 2. The minimum absolute atomic E-state index is 0.0197. The summed E-state index contributed by atoms with van der Waals surface area (Å²) in [5.74, 6) is 0.719. The summed E-state index contributed by atoms with van der Waals surface area (Å²) in [5, 5.41) is 3.17. The number of rotatable bonds is 7. The maximum Gasteiger partial charge on any atom is 0.251 e. The fraction of sp³-hybridized carbons (Fsp3) is 0.485. The van der Waals surface area contributed by atoms with Gasteiger partial charge in [-0.1, -0.05) is 49.2 Å². The van der Waals surface area contributed by atoms with Crippen LogP contribution in [-0.2, 0) is 9.59 Å². The molecule has 0 bridgehead atoms. The molecule has 7 nitrogen and oxygen atoms in total. The van der Waals surface area contributed by atoms with Gasteiger partial charge in [0.1, 0.15) is 5.75 Å². The van der Waals surface area contributed by atoms with E-state index < -0.39 is 0 Å². The van der Waals surface area contributed by atoms with E-state index in [-0.39, 0.29) is 35.1 Å². The Morgan fingerprint density at radius 1 is 0.925 bits per heavy atom. The zero-order valence-corrected chi connectivity index (χ0v) is 23.5. The molecule has 0 radical (unpaired) electrons. The van der Waals surface area contributed by atoms with Crippen LogP contribution in [0.5, 0.6) is 5.75 Å². The van der Waals surface area contributed by atoms with Gasteiger partial charge in [0, 0.05) is 49.4 Å². The van der Waals surface area contributed by atoms with E-state index in [1.54, 1.807) is 6.08 Å². The van der Waals surface area contributed by atoms with Gasteiger partial charge in [0.2, 0.25) is 11.8 Å². The van der Waals surface area contributed by atoms with Crippen molar-refractivity contribution < 1.29 is 19.1 Å². The molecule has 2 aromatic rings. The highest BCUT2D eigenvalue weighted by Gasteiger charge is 2.45. The van der Waals surface area contributed by atoms with Crippen LogP contribution in [0.15, 0.2) is 60.7 Å². The minimum Gasteiger partial charge on any atom is -0.493 e. The average Bonchev–Trinajstić information content (AvgIpc) is 3.40. The Bertz CT molecular complexity index is 1220. The number of ether oxygens (including phenoxy) is 1. The molecular formula is C33H41N3O4. The number of likely N-dealkylation sites (tertiary alicyclic amines) is 2. The Kier molecular flexibility index (Phi) is 8.88. The van der Waals surface area contributed by atoms with Crippen molar-refractivity contribution in [1.82, 2.24) is 15.1 Å². The smallest absolute Gasteiger partial charge is 0.251 e. The molecule has 2 aliphatic heterocycles. The molecule has 0 unspecified atom stereocenters. The monoisotopic (exact) mass is 543 g/mol. The number of amides is 3. The number of hydrogen-bond donors (Lipinski definition) is 1. The van der Waals surface area contributed by atoms with Gasteiger partial charge in [-0.3, -0.25) is 14.4 Å². The Morgan fingerprint density at radius 2 is 1.60 bits per heavy atom. The summed E-state index contributed by atoms with van der Waals surface area (Å²) in [4.78, 5) is 43.4. The zero-order chi connectivity index (χ0) is 28.0. The van der Waals surface area contributed by atoms with Gasteiger partial charge in [-0.2, -0.15) is 0 Å². The SMILES string of the molecule is CCOc1ccccc1/C=C/C(=O)N1CCC2(CC1)CCN(C(=O)[C@H]1CCCC[C@H]1NC(=O)c1ccccc1)C2. The van der Waals surface area contributed by atoms with Crippen molar-refractivity contribution in [2.75, 3.05) is 32.8 Å². The van der Waals surface area contributed by atoms with E-state index in [2.05, 4.69) is 5.32 Å². The second kappa shape index (κ2) is 12.7. The highest BCUT2D eigenvalue weighted by molar-refractivity contribution is 5.95. The number of carbonyl (C=O) groups is 3. The van der Waals surface area contributed by atoms with Crippen molar-refractivity contribution in [3.05, 3.63) is 71.8 Å². The first-order chi connectivity index (χ1) is 19.5. The number of piperidine rings is 1. The minimum atomic E-state index is -0.164. The molecule has 2 aromatic carbocycles. The first kappa shape index (κ1) is 27.9. The molecule has 3 aliphatic rings. The third kappa shape index (κ3) is 6.40. The van der Waals surface area contributed by atoms with Gasteiger partial charge in [-0.25, -0.2) is 0 Å². The topological polar surface area (TPSA) is 79.0 Å². The molecule has 40 heavy (non-hydrogen) atoms. The summed E-state index contributed by atoms with van der Waals surface area (Å²) in [6, 6.07) is 16.9. The average molecular weight is 544 g/mol. The number of hydrogen-bond acceptors (Lipinski definition) is 4. The predicted octanol–water partition coefficient (Wildman–Crippen LogP) is 4.93. The third-order valence-electron chi connectivity index (χ3n) is 8.95. The molecule has 1 N–H and O–H groups in total. The third-order valence-corrected chi connectivity index (χ3v) is 8.95. The standard InChI is InChI=1S/C33H41N3O4/c1-2-40-29-15-9-6-10-25(29)16-17-30(37)35-21-18-33(19-22-35)20-23-36(24-33)32(39)27-13-7-8-14-28(27)34-31(38)26-11-4-3-5-12-26/h3-6,9-12,15-17,27-28H,2,7-8,13-14,18-24H2,1H3,(H,34,38)/b17-16+/t27-,28+/m0/s1. The molecule has 0 aromatic heterocycles. The van der Waals surface area contributed by atoms with Crippen LogP contribution in [0.25, 0.3) is 6.08 Å². The quantitative estimate of drug-likeness (QED) is 0.503. The first-order valence-corrected chi connectivity index (χ1v) is 14.8. The maximum atomic E-state index is 13.7. The largest absolute Gasteiger partial charge is 0.493 e. The molecule has 2 heterocycles. The van der Waals surface area contributed by atoms with Gasteiger partial charge in [0.05, 0.1) is 12.5 Å². The van der Waals surface area contributed by atoms with E-state index >= 15 is 0 Å². The summed E-state index contributed by atoms with van der Waals surface area (Å²) in [6.07, 6.45) is 9.99. The van der Waals surface area contributed by atoms with Gasteiger partial charge < -0.3 is 19.9 Å². The zero-order valence-electron chi connectivity index (χ0n) is 23.5. The number of carbonyl (C=O) groups excluding carboxylic acids is 3. The van der Waals surface area contributed by atoms with Crippen LogP contribution in [0.1, 0.15) is 67.8 Å². The summed E-state index contributed by atoms with van der Waals surface area (Å²) in [5.41, 5.74) is 1.61. The lowest BCUT2D eigenvalue weighted by Gasteiger charge is -2.39. The van der Waals surface area contributed by atoms with E-state index in [1.807, 2.05) is 77.4 Å². The van der Waals surface area contributed by atoms with Crippen molar-refractivity contribution in [1.29, 1.82) is 0 Å². The number of nitrogens with one attached hydrogen (secondary N) is 1. The fourth-order valence-electron chi connectivity index (χ4n) is 6.58. The van der Waals surface area contributed by atoms with E-state index in [9.17, 15) is 14.4 Å². The van der Waals surface area contributed by atoms with E-state index in [0.717, 1.165) is 69.3 Å². The normalized spacial score (nSPS) is 22.4. The second-order valence-electron chi connectivity index (χ2n) is 11.5. The number of nitrogens with zero attached hydrogens (tertiary/aromatic N) is 2. The summed E-state index contributed by atoms with van der Waals surface area (Å²) in [6.45, 7) is 5.45. The van der Waals surface area contributed by atoms with Crippen LogP contribution in [0, 0.1) is 11.3 Å². The molecule has 1 saturated carbocycles. The highest BCUT2D eigenvalue weighted by atomic mass is 16.5. The van der Waals surface area contributed by atoms with Gasteiger partial charge in [0.25, 0.3) is 5.91 Å². The molecule has 3 fully saturated rings. The van der Waals surface area contributed by atoms with Crippen LogP contribution < -0.4 is 10.1 Å². The van der Waals surface area contributed by atoms with Gasteiger partial charge in [-0.05, 0) is 68.7 Å². The lowest BCUT2D eigenvalue weighted by atomic mass is 9.77. The Hall–Kier alpha value is -3.61. The second-order valence-corrected chi connectivity index (χ2v) is 11.5. The van der Waals surface area contributed by atoms with Crippen molar-refractivity contribution in [2.24, 2.45) is 11.3 Å². The Morgan fingerprint density at radius 3 is 2.35 bits per heavy atom. The summed E-state index contributed by atoms with van der Waals surface area (Å²) < 4.78 is 5.67. The van der Waals surface area contributed by atoms with Crippen molar-refractivity contribution in [2.45, 2.75) is 57.9 Å². The van der Waals surface area contributed by atoms with Gasteiger partial charge in [0.15, 0.2) is 0 Å². The van der Waals surface area contributed by atoms with Gasteiger partial charge in [-0.15, -0.1) is 0 Å². The van der Waals surface area contributed by atoms with Gasteiger partial charge >= 0.3 is 0 Å². The van der Waals surface area contributed by atoms with Crippen molar-refractivity contribution in [3.8, 4) is 5.75 Å². The molecule has 1 aliphatic carbocycles. The molecule has 5 rings (SSSR count). The fourth-order valence-corrected chi connectivity index (χ4v) is 6.58. The summed E-state index contributed by atoms with van der Waals surface area (Å²) >= 11 is 0. The lowest BCUT2D eigenvalue weighted by molar-refractivity contribution is -0.137. The van der Waals surface area contributed by atoms with Crippen LogP contribution in [0.3, 0.4) is 0 Å². The van der Waals surface area contributed by atoms with Crippen LogP contribution in [-0.4, -0.2) is 66.3 Å². The number of para-hydroxylation sites is 1. The molecule has 7 heteroatoms. The Labute approximate surface area is 237 Å². The predicted molar refractivity (Wildman–Crippen MR) is 156 cm³/mol. The van der Waals surface area contributed by atoms with Crippen molar-refractivity contribution >= 4 is 23.8 Å². The lowest BCUT2D eigenvalue weighted by Crippen LogP contribution is -2.50. The highest BCUT2D eigenvalue weighted by Crippen LogP contribution is 2.41. The maximum absolute atomic E-state index is 13.7. The molecule has 1 spiro atoms. The first-order valence-electron chi connectivity index (χ1n) is 14.8. The van der Waals surface area contributed by atoms with Crippen LogP contribution in [0.4, 0.5) is 0 Å². The van der Waals surface area contributed by atoms with E-state index in [1.165, 1.54) is 0 Å². The van der Waals surface area contributed by atoms with Crippen LogP contribution >= 0.6 is 0 Å². The molecular weight excluding hydrogens is 502 g/mol. The molecule has 212 valence electrons. The van der Waals surface area contributed by atoms with E-state index in [4.69, 9.17) is 4.74 Å². The molecule has 2 saturated heterocycles. The molecule has 2 atom stereocenters. The van der Waals surface area contributed by atoms with Crippen LogP contribution in [0.2, 0.25) is 0 Å². The molecule has 3 amide bonds. The summed E-state index contributed by atoms with van der Waals surface area (Å²) in [7, 11) is 0. The Balaban J connectivity index is 1.15. The van der Waals surface area contributed by atoms with E-state index in [0.29, 0.717) is 25.3 Å².